The molecule has 0 aliphatic carbocycles. The molecule has 6 heteroatoms. The van der Waals surface area contributed by atoms with Gasteiger partial charge in [0, 0.05) is 19.6 Å². The maximum absolute atomic E-state index is 4.37. The van der Waals surface area contributed by atoms with Gasteiger partial charge in [-0.05, 0) is 25.9 Å². The van der Waals surface area contributed by atoms with E-state index in [1.807, 2.05) is 13.2 Å². The molecule has 1 unspecified atom stereocenters. The summed E-state index contributed by atoms with van der Waals surface area (Å²) < 4.78 is 1.78. The number of nitrogens with one attached hydrogen (secondary N) is 1. The Balaban J connectivity index is 1.81. The molecule has 0 saturated carbocycles. The second-order valence-electron chi connectivity index (χ2n) is 5.10. The van der Waals surface area contributed by atoms with Crippen LogP contribution in [0.1, 0.15) is 19.8 Å². The molecule has 1 saturated heterocycles. The standard InChI is InChI=1S/C13H20N6/c1-3-19-6-4-5-10(8-19)17-12-11-7-16-18(2)13(11)15-9-14-12/h7,9-10H,3-6,8H2,1-2H3,(H,14,15,17). The number of anilines is 1. The minimum atomic E-state index is 0.465. The van der Waals surface area contributed by atoms with Gasteiger partial charge in [0.1, 0.15) is 12.1 Å². The van der Waals surface area contributed by atoms with E-state index in [0.717, 1.165) is 29.9 Å². The number of nitrogens with zero attached hydrogens (tertiary/aromatic N) is 5. The van der Waals surface area contributed by atoms with Gasteiger partial charge in [-0.1, -0.05) is 6.92 Å². The first-order valence-electron chi connectivity index (χ1n) is 6.89. The van der Waals surface area contributed by atoms with Gasteiger partial charge in [0.25, 0.3) is 0 Å². The van der Waals surface area contributed by atoms with Crippen LogP contribution in [-0.4, -0.2) is 50.3 Å². The fraction of sp³-hybridized carbons (Fsp3) is 0.615. The molecule has 1 fully saturated rings. The normalized spacial score (nSPS) is 20.8. The molecule has 2 aromatic heterocycles. The zero-order chi connectivity index (χ0) is 13.2. The van der Waals surface area contributed by atoms with Crippen molar-refractivity contribution >= 4 is 16.9 Å². The summed E-state index contributed by atoms with van der Waals surface area (Å²) in [6.45, 7) is 5.62. The van der Waals surface area contributed by atoms with E-state index in [1.54, 1.807) is 11.0 Å². The molecule has 0 bridgehead atoms. The van der Waals surface area contributed by atoms with Crippen LogP contribution in [0.4, 0.5) is 5.82 Å². The highest BCUT2D eigenvalue weighted by molar-refractivity contribution is 5.86. The van der Waals surface area contributed by atoms with Crippen LogP contribution in [0.2, 0.25) is 0 Å². The predicted molar refractivity (Wildman–Crippen MR) is 75.1 cm³/mol. The monoisotopic (exact) mass is 260 g/mol. The van der Waals surface area contributed by atoms with E-state index in [9.17, 15) is 0 Å². The zero-order valence-electron chi connectivity index (χ0n) is 11.5. The van der Waals surface area contributed by atoms with Crippen molar-refractivity contribution in [3.8, 4) is 0 Å². The lowest BCUT2D eigenvalue weighted by Gasteiger charge is -2.32. The summed E-state index contributed by atoms with van der Waals surface area (Å²) in [6, 6.07) is 0.465. The maximum Gasteiger partial charge on any atom is 0.163 e. The van der Waals surface area contributed by atoms with Crippen molar-refractivity contribution in [1.29, 1.82) is 0 Å². The Morgan fingerprint density at radius 3 is 3.16 bits per heavy atom. The first-order valence-corrected chi connectivity index (χ1v) is 6.89. The second kappa shape index (κ2) is 5.13. The Kier molecular flexibility index (Phi) is 3.33. The quantitative estimate of drug-likeness (QED) is 0.900. The molecule has 1 aliphatic rings. The van der Waals surface area contributed by atoms with Crippen LogP contribution < -0.4 is 5.32 Å². The van der Waals surface area contributed by atoms with E-state index in [2.05, 4.69) is 32.2 Å². The molecule has 3 heterocycles. The van der Waals surface area contributed by atoms with Crippen LogP contribution in [0.5, 0.6) is 0 Å². The number of rotatable bonds is 3. The number of aryl methyl sites for hydroxylation is 1. The highest BCUT2D eigenvalue weighted by Crippen LogP contribution is 2.21. The van der Waals surface area contributed by atoms with E-state index < -0.39 is 0 Å². The highest BCUT2D eigenvalue weighted by atomic mass is 15.3. The van der Waals surface area contributed by atoms with Crippen molar-refractivity contribution in [3.63, 3.8) is 0 Å². The molecule has 0 spiro atoms. The SMILES string of the molecule is CCN1CCCC(Nc2ncnc3c2cnn3C)C1. The van der Waals surface area contributed by atoms with Crippen LogP contribution in [0.15, 0.2) is 12.5 Å². The zero-order valence-corrected chi connectivity index (χ0v) is 11.5. The Morgan fingerprint density at radius 1 is 1.42 bits per heavy atom. The highest BCUT2D eigenvalue weighted by Gasteiger charge is 2.20. The summed E-state index contributed by atoms with van der Waals surface area (Å²) in [7, 11) is 1.90. The van der Waals surface area contributed by atoms with Crippen LogP contribution in [0.3, 0.4) is 0 Å². The molecule has 1 N–H and O–H groups in total. The average Bonchev–Trinajstić information content (AvgIpc) is 2.82. The van der Waals surface area contributed by atoms with Crippen LogP contribution in [0.25, 0.3) is 11.0 Å². The summed E-state index contributed by atoms with van der Waals surface area (Å²) in [5.74, 6) is 0.904. The molecule has 102 valence electrons. The van der Waals surface area contributed by atoms with Gasteiger partial charge in [-0.25, -0.2) is 9.97 Å². The minimum absolute atomic E-state index is 0.465. The van der Waals surface area contributed by atoms with E-state index in [4.69, 9.17) is 0 Å². The van der Waals surface area contributed by atoms with Gasteiger partial charge in [0.05, 0.1) is 11.6 Å². The number of hydrogen-bond acceptors (Lipinski definition) is 5. The lowest BCUT2D eigenvalue weighted by atomic mass is 10.1. The molecular weight excluding hydrogens is 240 g/mol. The lowest BCUT2D eigenvalue weighted by molar-refractivity contribution is 0.226. The van der Waals surface area contributed by atoms with Crippen molar-refractivity contribution < 1.29 is 0 Å². The molecule has 1 atom stereocenters. The van der Waals surface area contributed by atoms with Gasteiger partial charge in [-0.2, -0.15) is 5.10 Å². The Hall–Kier alpha value is -1.69. The number of fused-ring (bicyclic) bond motifs is 1. The smallest absolute Gasteiger partial charge is 0.163 e. The Bertz CT molecular complexity index is 563. The van der Waals surface area contributed by atoms with Crippen molar-refractivity contribution in [1.82, 2.24) is 24.6 Å². The molecule has 2 aromatic rings. The maximum atomic E-state index is 4.37. The Labute approximate surface area is 112 Å². The number of likely N-dealkylation sites (N-methyl/N-ethyl adjacent to an activating group) is 1. The average molecular weight is 260 g/mol. The van der Waals surface area contributed by atoms with Crippen LogP contribution in [-0.2, 0) is 7.05 Å². The van der Waals surface area contributed by atoms with E-state index in [-0.39, 0.29) is 0 Å². The van der Waals surface area contributed by atoms with E-state index in [0.29, 0.717) is 6.04 Å². The first-order chi connectivity index (χ1) is 9.28. The minimum Gasteiger partial charge on any atom is -0.365 e. The second-order valence-corrected chi connectivity index (χ2v) is 5.10. The van der Waals surface area contributed by atoms with Crippen molar-refractivity contribution in [3.05, 3.63) is 12.5 Å². The van der Waals surface area contributed by atoms with Gasteiger partial charge in [0.2, 0.25) is 0 Å². The van der Waals surface area contributed by atoms with Gasteiger partial charge >= 0.3 is 0 Å². The number of hydrogen-bond donors (Lipinski definition) is 1. The third-order valence-electron chi connectivity index (χ3n) is 3.82. The molecule has 6 nitrogen and oxygen atoms in total. The largest absolute Gasteiger partial charge is 0.365 e. The Morgan fingerprint density at radius 2 is 2.32 bits per heavy atom. The third-order valence-corrected chi connectivity index (χ3v) is 3.82. The van der Waals surface area contributed by atoms with Gasteiger partial charge in [-0.15, -0.1) is 0 Å². The predicted octanol–water partition coefficient (Wildman–Crippen LogP) is 1.26. The fourth-order valence-corrected chi connectivity index (χ4v) is 2.73. The van der Waals surface area contributed by atoms with Crippen molar-refractivity contribution in [2.75, 3.05) is 25.0 Å². The molecule has 0 aromatic carbocycles. The summed E-state index contributed by atoms with van der Waals surface area (Å²) in [6.07, 6.45) is 5.87. The topological polar surface area (TPSA) is 58.9 Å². The van der Waals surface area contributed by atoms with E-state index >= 15 is 0 Å². The van der Waals surface area contributed by atoms with E-state index in [1.165, 1.54) is 19.4 Å². The van der Waals surface area contributed by atoms with Gasteiger partial charge in [-0.3, -0.25) is 4.68 Å². The number of likely N-dealkylation sites (tertiary alicyclic amines) is 1. The molecule has 19 heavy (non-hydrogen) atoms. The summed E-state index contributed by atoms with van der Waals surface area (Å²) in [5.41, 5.74) is 0.876. The third kappa shape index (κ3) is 2.40. The van der Waals surface area contributed by atoms with Crippen LogP contribution >= 0.6 is 0 Å². The molecule has 0 radical (unpaired) electrons. The number of aromatic nitrogens is 4. The van der Waals surface area contributed by atoms with Gasteiger partial charge in [0.15, 0.2) is 5.65 Å². The van der Waals surface area contributed by atoms with Crippen molar-refractivity contribution in [2.24, 2.45) is 7.05 Å². The first kappa shape index (κ1) is 12.3. The molecular formula is C13H20N6. The summed E-state index contributed by atoms with van der Waals surface area (Å²) in [5, 5.41) is 8.80. The summed E-state index contributed by atoms with van der Waals surface area (Å²) >= 11 is 0. The number of piperidine rings is 1. The van der Waals surface area contributed by atoms with Crippen molar-refractivity contribution in [2.45, 2.75) is 25.8 Å². The fourth-order valence-electron chi connectivity index (χ4n) is 2.73. The lowest BCUT2D eigenvalue weighted by Crippen LogP contribution is -2.42. The van der Waals surface area contributed by atoms with Gasteiger partial charge < -0.3 is 10.2 Å². The molecule has 3 rings (SSSR count). The molecule has 1 aliphatic heterocycles. The summed E-state index contributed by atoms with van der Waals surface area (Å²) in [4.78, 5) is 11.1. The molecule has 0 amide bonds. The van der Waals surface area contributed by atoms with Crippen LogP contribution in [0, 0.1) is 0 Å².